The van der Waals surface area contributed by atoms with Crippen molar-refractivity contribution in [2.24, 2.45) is 0 Å². The van der Waals surface area contributed by atoms with Crippen molar-refractivity contribution in [2.45, 2.75) is 23.5 Å². The van der Waals surface area contributed by atoms with Gasteiger partial charge < -0.3 is 0 Å². The van der Waals surface area contributed by atoms with Gasteiger partial charge in [0.05, 0.1) is 0 Å². The number of rotatable bonds is 9. The zero-order chi connectivity index (χ0) is 21.5. The number of nitrogens with one attached hydrogen (secondary N) is 1. The van der Waals surface area contributed by atoms with Gasteiger partial charge in [-0.1, -0.05) is 54.6 Å². The molecule has 0 aliphatic rings. The summed E-state index contributed by atoms with van der Waals surface area (Å²) >= 11 is 1.34. The van der Waals surface area contributed by atoms with Crippen molar-refractivity contribution in [2.75, 3.05) is 6.54 Å². The van der Waals surface area contributed by atoms with E-state index in [1.807, 2.05) is 36.4 Å². The molecule has 0 saturated heterocycles. The van der Waals surface area contributed by atoms with Gasteiger partial charge in [-0.25, -0.2) is 13.1 Å². The minimum atomic E-state index is -3.49. The largest absolute Gasteiger partial charge is 0.265 e. The summed E-state index contributed by atoms with van der Waals surface area (Å²) in [4.78, 5) is 5.08. The van der Waals surface area contributed by atoms with Crippen LogP contribution in [0.15, 0.2) is 95.5 Å². The average molecular weight is 449 g/mol. The fraction of sp³-hybridized carbons (Fsp3) is 0.160. The zero-order valence-electron chi connectivity index (χ0n) is 17.1. The Kier molecular flexibility index (Phi) is 6.92. The maximum absolute atomic E-state index is 12.6. The first-order valence-electron chi connectivity index (χ1n) is 10.2. The second-order valence-corrected chi connectivity index (χ2v) is 10.4. The highest BCUT2D eigenvalue weighted by Crippen LogP contribution is 2.23. The van der Waals surface area contributed by atoms with E-state index in [2.05, 4.69) is 46.1 Å². The summed E-state index contributed by atoms with van der Waals surface area (Å²) in [6.07, 6.45) is 5.89. The second kappa shape index (κ2) is 10.0. The second-order valence-electron chi connectivity index (χ2n) is 7.29. The Bertz CT molecular complexity index is 1200. The summed E-state index contributed by atoms with van der Waals surface area (Å²) in [6.45, 7) is 0.372. The third kappa shape index (κ3) is 5.88. The first-order chi connectivity index (χ1) is 15.1. The highest BCUT2D eigenvalue weighted by atomic mass is 32.2. The monoisotopic (exact) mass is 448 g/mol. The Hall–Kier alpha value is -2.80. The van der Waals surface area contributed by atoms with Crippen LogP contribution in [-0.2, 0) is 29.3 Å². The lowest BCUT2D eigenvalue weighted by molar-refractivity contribution is 0.584. The summed E-state index contributed by atoms with van der Waals surface area (Å²) in [7, 11) is -3.49. The van der Waals surface area contributed by atoms with E-state index in [0.717, 1.165) is 28.8 Å². The van der Waals surface area contributed by atoms with Gasteiger partial charge in [-0.15, -0.1) is 11.3 Å². The maximum Gasteiger partial charge on any atom is 0.250 e. The van der Waals surface area contributed by atoms with Gasteiger partial charge in [0, 0.05) is 23.8 Å². The number of pyridine rings is 1. The highest BCUT2D eigenvalue weighted by molar-refractivity contribution is 7.91. The number of hydrogen-bond donors (Lipinski definition) is 1. The smallest absolute Gasteiger partial charge is 0.250 e. The molecule has 0 radical (unpaired) electrons. The number of sulfonamides is 1. The van der Waals surface area contributed by atoms with Crippen LogP contribution < -0.4 is 4.72 Å². The molecule has 1 N–H and O–H groups in total. The van der Waals surface area contributed by atoms with Crippen molar-refractivity contribution in [3.8, 4) is 11.1 Å². The molecule has 4 nitrogen and oxygen atoms in total. The molecule has 31 heavy (non-hydrogen) atoms. The molecular formula is C25H24N2O2S2. The van der Waals surface area contributed by atoms with E-state index in [1.54, 1.807) is 18.5 Å². The lowest BCUT2D eigenvalue weighted by Gasteiger charge is -2.06. The fourth-order valence-electron chi connectivity index (χ4n) is 3.35. The molecule has 0 aliphatic heterocycles. The molecule has 0 aliphatic carbocycles. The normalized spacial score (nSPS) is 11.5. The van der Waals surface area contributed by atoms with Crippen LogP contribution in [0.3, 0.4) is 0 Å². The standard InChI is InChI=1S/C25H24N2O2S2/c28-31(29,25-13-12-24(30-25)11-8-21-14-17-26-18-15-21)27-19-16-20-6-9-23(10-7-20)22-4-2-1-3-5-22/h1-7,9-10,12-15,17-18,27H,8,11,16,19H2. The van der Waals surface area contributed by atoms with Gasteiger partial charge in [0.2, 0.25) is 10.0 Å². The molecular weight excluding hydrogens is 424 g/mol. The Balaban J connectivity index is 1.30. The summed E-state index contributed by atoms with van der Waals surface area (Å²) in [6, 6.07) is 26.0. The number of hydrogen-bond acceptors (Lipinski definition) is 4. The Labute approximate surface area is 187 Å². The van der Waals surface area contributed by atoms with Crippen molar-refractivity contribution >= 4 is 21.4 Å². The predicted molar refractivity (Wildman–Crippen MR) is 127 cm³/mol. The van der Waals surface area contributed by atoms with Crippen molar-refractivity contribution in [3.05, 3.63) is 107 Å². The molecule has 0 bridgehead atoms. The van der Waals surface area contributed by atoms with Crippen LogP contribution in [0, 0.1) is 0 Å². The van der Waals surface area contributed by atoms with Gasteiger partial charge in [0.1, 0.15) is 4.21 Å². The highest BCUT2D eigenvalue weighted by Gasteiger charge is 2.16. The van der Waals surface area contributed by atoms with E-state index < -0.39 is 10.0 Å². The van der Waals surface area contributed by atoms with Crippen LogP contribution >= 0.6 is 11.3 Å². The van der Waals surface area contributed by atoms with Crippen molar-refractivity contribution < 1.29 is 8.42 Å². The Morgan fingerprint density at radius 3 is 2.13 bits per heavy atom. The third-order valence-electron chi connectivity index (χ3n) is 5.08. The molecule has 0 unspecified atom stereocenters. The lowest BCUT2D eigenvalue weighted by Crippen LogP contribution is -2.25. The van der Waals surface area contributed by atoms with Crippen molar-refractivity contribution in [3.63, 3.8) is 0 Å². The molecule has 0 amide bonds. The first kappa shape index (κ1) is 21.4. The molecule has 2 aromatic heterocycles. The number of benzene rings is 2. The van der Waals surface area contributed by atoms with Crippen LogP contribution in [-0.4, -0.2) is 19.9 Å². The summed E-state index contributed by atoms with van der Waals surface area (Å²) < 4.78 is 28.4. The van der Waals surface area contributed by atoms with Gasteiger partial charge in [0.15, 0.2) is 0 Å². The van der Waals surface area contributed by atoms with E-state index in [4.69, 9.17) is 0 Å². The van der Waals surface area contributed by atoms with Gasteiger partial charge in [-0.3, -0.25) is 4.98 Å². The number of nitrogens with zero attached hydrogens (tertiary/aromatic N) is 1. The Morgan fingerprint density at radius 1 is 0.710 bits per heavy atom. The lowest BCUT2D eigenvalue weighted by atomic mass is 10.0. The fourth-order valence-corrected chi connectivity index (χ4v) is 5.78. The third-order valence-corrected chi connectivity index (χ3v) is 8.18. The van der Waals surface area contributed by atoms with Gasteiger partial charge in [-0.05, 0) is 65.8 Å². The average Bonchev–Trinajstić information content (AvgIpc) is 3.30. The molecule has 6 heteroatoms. The molecule has 4 aromatic rings. The maximum atomic E-state index is 12.6. The van der Waals surface area contributed by atoms with E-state index in [1.165, 1.54) is 22.5 Å². The molecule has 0 saturated carbocycles. The molecule has 2 aromatic carbocycles. The minimum Gasteiger partial charge on any atom is -0.265 e. The SMILES string of the molecule is O=S(=O)(NCCc1ccc(-c2ccccc2)cc1)c1ccc(CCc2ccncc2)s1. The Morgan fingerprint density at radius 2 is 1.39 bits per heavy atom. The molecule has 2 heterocycles. The van der Waals surface area contributed by atoms with Gasteiger partial charge in [-0.2, -0.15) is 0 Å². The molecule has 0 fully saturated rings. The number of thiophene rings is 1. The van der Waals surface area contributed by atoms with Crippen molar-refractivity contribution in [1.82, 2.24) is 9.71 Å². The minimum absolute atomic E-state index is 0.372. The van der Waals surface area contributed by atoms with Crippen LogP contribution in [0.25, 0.3) is 11.1 Å². The van der Waals surface area contributed by atoms with E-state index in [0.29, 0.717) is 17.2 Å². The topological polar surface area (TPSA) is 59.1 Å². The molecule has 158 valence electrons. The van der Waals surface area contributed by atoms with E-state index in [9.17, 15) is 8.42 Å². The van der Waals surface area contributed by atoms with Crippen LogP contribution in [0.1, 0.15) is 16.0 Å². The molecule has 4 rings (SSSR count). The van der Waals surface area contributed by atoms with Gasteiger partial charge >= 0.3 is 0 Å². The quantitative estimate of drug-likeness (QED) is 0.387. The molecule has 0 spiro atoms. The number of aryl methyl sites for hydroxylation is 2. The summed E-state index contributed by atoms with van der Waals surface area (Å²) in [5.41, 5.74) is 4.63. The first-order valence-corrected chi connectivity index (χ1v) is 12.5. The zero-order valence-corrected chi connectivity index (χ0v) is 18.7. The van der Waals surface area contributed by atoms with Crippen molar-refractivity contribution in [1.29, 1.82) is 0 Å². The van der Waals surface area contributed by atoms with Crippen LogP contribution in [0.5, 0.6) is 0 Å². The molecule has 0 atom stereocenters. The summed E-state index contributed by atoms with van der Waals surface area (Å²) in [5, 5.41) is 0. The van der Waals surface area contributed by atoms with Crippen LogP contribution in [0.4, 0.5) is 0 Å². The van der Waals surface area contributed by atoms with Gasteiger partial charge in [0.25, 0.3) is 0 Å². The van der Waals surface area contributed by atoms with E-state index in [-0.39, 0.29) is 0 Å². The van der Waals surface area contributed by atoms with Crippen LogP contribution in [0.2, 0.25) is 0 Å². The van der Waals surface area contributed by atoms with E-state index >= 15 is 0 Å². The predicted octanol–water partition coefficient (Wildman–Crippen LogP) is 5.12. The number of aromatic nitrogens is 1. The summed E-state index contributed by atoms with van der Waals surface area (Å²) in [5.74, 6) is 0.